The quantitative estimate of drug-likeness (QED) is 0.0321. The van der Waals surface area contributed by atoms with Crippen molar-refractivity contribution in [2.24, 2.45) is 0 Å². The monoisotopic (exact) mass is 918 g/mol. The van der Waals surface area contributed by atoms with Gasteiger partial charge in [-0.15, -0.1) is 0 Å². The fourth-order valence-electron chi connectivity index (χ4n) is 9.28. The lowest BCUT2D eigenvalue weighted by molar-refractivity contribution is -0.143. The van der Waals surface area contributed by atoms with Crippen LogP contribution in [-0.4, -0.2) is 47.4 Å². The van der Waals surface area contributed by atoms with Crippen molar-refractivity contribution in [3.63, 3.8) is 0 Å². The topological polar surface area (TPSA) is 95.9 Å². The van der Waals surface area contributed by atoms with Gasteiger partial charge in [-0.1, -0.05) is 276 Å². The van der Waals surface area contributed by atoms with Crippen molar-refractivity contribution in [1.29, 1.82) is 0 Å². The normalized spacial score (nSPS) is 12.6. The van der Waals surface area contributed by atoms with E-state index in [1.54, 1.807) is 0 Å². The highest BCUT2D eigenvalue weighted by Gasteiger charge is 2.20. The number of carbonyl (C=O) groups excluding carboxylic acids is 2. The number of hydrogen-bond acceptors (Lipinski definition) is 5. The number of hydrogen-bond donors (Lipinski definition) is 3. The van der Waals surface area contributed by atoms with Crippen LogP contribution in [0.25, 0.3) is 0 Å². The number of ether oxygens (including phenoxy) is 1. The number of allylic oxidation sites excluding steroid dienone is 2. The lowest BCUT2D eigenvalue weighted by atomic mass is 10.0. The minimum absolute atomic E-state index is 0.0249. The number of esters is 1. The molecule has 0 aliphatic rings. The average molecular weight is 919 g/mol. The van der Waals surface area contributed by atoms with Crippen molar-refractivity contribution in [2.45, 2.75) is 341 Å². The maximum absolute atomic E-state index is 12.5. The lowest BCUT2D eigenvalue weighted by Crippen LogP contribution is -2.45. The van der Waals surface area contributed by atoms with Gasteiger partial charge < -0.3 is 20.3 Å². The molecule has 0 aromatic rings. The highest BCUT2D eigenvalue weighted by molar-refractivity contribution is 5.76. The van der Waals surface area contributed by atoms with Gasteiger partial charge in [0.1, 0.15) is 0 Å². The zero-order valence-electron chi connectivity index (χ0n) is 44.0. The predicted octanol–water partition coefficient (Wildman–Crippen LogP) is 18.1. The Kier molecular flexibility index (Phi) is 54.0. The van der Waals surface area contributed by atoms with Crippen molar-refractivity contribution >= 4 is 11.9 Å². The number of rotatable bonds is 55. The third-order valence-corrected chi connectivity index (χ3v) is 13.8. The summed E-state index contributed by atoms with van der Waals surface area (Å²) in [6.45, 7) is 4.92. The van der Waals surface area contributed by atoms with Gasteiger partial charge in [0.05, 0.1) is 25.4 Å². The molecule has 0 bridgehead atoms. The molecule has 0 fully saturated rings. The second-order valence-corrected chi connectivity index (χ2v) is 20.3. The molecule has 0 aromatic heterocycles. The van der Waals surface area contributed by atoms with Crippen LogP contribution < -0.4 is 5.32 Å². The first kappa shape index (κ1) is 63.6. The fourth-order valence-corrected chi connectivity index (χ4v) is 9.28. The van der Waals surface area contributed by atoms with Crippen LogP contribution in [0.4, 0.5) is 0 Å². The Morgan fingerprint density at radius 3 is 1.09 bits per heavy atom. The van der Waals surface area contributed by atoms with Gasteiger partial charge in [0, 0.05) is 12.8 Å². The second-order valence-electron chi connectivity index (χ2n) is 20.3. The summed E-state index contributed by atoms with van der Waals surface area (Å²) in [5.74, 6) is -0.0794. The largest absolute Gasteiger partial charge is 0.466 e. The maximum Gasteiger partial charge on any atom is 0.305 e. The minimum Gasteiger partial charge on any atom is -0.466 e. The number of unbranched alkanes of at least 4 members (excludes halogenated alkanes) is 42. The van der Waals surface area contributed by atoms with Gasteiger partial charge in [-0.05, 0) is 51.4 Å². The summed E-state index contributed by atoms with van der Waals surface area (Å²) in [4.78, 5) is 24.6. The molecule has 6 heteroatoms. The highest BCUT2D eigenvalue weighted by atomic mass is 16.5. The Morgan fingerprint density at radius 2 is 0.723 bits per heavy atom. The van der Waals surface area contributed by atoms with Crippen molar-refractivity contribution in [3.8, 4) is 0 Å². The van der Waals surface area contributed by atoms with Crippen LogP contribution >= 0.6 is 0 Å². The summed E-state index contributed by atoms with van der Waals surface area (Å²) in [6, 6.07) is -0.559. The first-order valence-corrected chi connectivity index (χ1v) is 29.4. The molecule has 0 rings (SSSR count). The minimum atomic E-state index is -0.680. The molecule has 0 aliphatic carbocycles. The predicted molar refractivity (Wildman–Crippen MR) is 283 cm³/mol. The Bertz CT molecular complexity index is 970. The van der Waals surface area contributed by atoms with Gasteiger partial charge in [0.2, 0.25) is 5.91 Å². The van der Waals surface area contributed by atoms with E-state index in [0.717, 1.165) is 57.8 Å². The van der Waals surface area contributed by atoms with E-state index in [4.69, 9.17) is 4.74 Å². The molecule has 6 nitrogen and oxygen atoms in total. The molecule has 65 heavy (non-hydrogen) atoms. The van der Waals surface area contributed by atoms with Crippen molar-refractivity contribution < 1.29 is 24.5 Å². The third-order valence-electron chi connectivity index (χ3n) is 13.8. The van der Waals surface area contributed by atoms with Crippen LogP contribution in [0.3, 0.4) is 0 Å². The molecule has 0 aliphatic heterocycles. The van der Waals surface area contributed by atoms with E-state index in [9.17, 15) is 19.8 Å². The molecule has 0 radical (unpaired) electrons. The van der Waals surface area contributed by atoms with E-state index in [1.807, 2.05) is 0 Å². The Hall–Kier alpha value is -1.40. The molecular formula is C59H115NO5. The van der Waals surface area contributed by atoms with Crippen molar-refractivity contribution in [1.82, 2.24) is 5.32 Å². The Labute approximate surface area is 406 Å². The van der Waals surface area contributed by atoms with Crippen LogP contribution in [0.2, 0.25) is 0 Å². The van der Waals surface area contributed by atoms with Gasteiger partial charge in [0.25, 0.3) is 0 Å². The molecule has 2 atom stereocenters. The summed E-state index contributed by atoms with van der Waals surface area (Å²) in [5, 5.41) is 23.3. The lowest BCUT2D eigenvalue weighted by Gasteiger charge is -2.22. The van der Waals surface area contributed by atoms with Crippen LogP contribution in [0.15, 0.2) is 12.2 Å². The average Bonchev–Trinajstić information content (AvgIpc) is 3.31. The Balaban J connectivity index is 3.46. The number of aliphatic hydroxyl groups is 2. The third kappa shape index (κ3) is 51.8. The zero-order chi connectivity index (χ0) is 47.2. The Morgan fingerprint density at radius 1 is 0.415 bits per heavy atom. The molecular weight excluding hydrogens is 803 g/mol. The molecule has 386 valence electrons. The molecule has 0 saturated heterocycles. The van der Waals surface area contributed by atoms with Crippen LogP contribution in [0.5, 0.6) is 0 Å². The fraction of sp³-hybridized carbons (Fsp3) is 0.932. The number of amides is 1. The molecule has 0 aromatic carbocycles. The van der Waals surface area contributed by atoms with Gasteiger partial charge in [0.15, 0.2) is 0 Å². The summed E-state index contributed by atoms with van der Waals surface area (Å²) in [7, 11) is 0. The van der Waals surface area contributed by atoms with Crippen molar-refractivity contribution in [2.75, 3.05) is 13.2 Å². The maximum atomic E-state index is 12.5. The first-order chi connectivity index (χ1) is 32.0. The van der Waals surface area contributed by atoms with E-state index in [1.165, 1.54) is 238 Å². The standard InChI is InChI=1S/C59H115NO5/c1-3-5-7-9-11-13-15-17-19-21-22-23-24-25-26-27-29-31-35-39-43-47-51-57(62)56(55-61)60-58(63)52-48-44-40-36-33-34-38-42-46-50-54-65-59(64)53-49-45-41-37-32-30-28-20-18-16-14-12-10-8-6-4-2/h20,28,56-57,61-62H,3-19,21-27,29-55H2,1-2H3,(H,60,63)/b28-20-. The van der Waals surface area contributed by atoms with Gasteiger partial charge >= 0.3 is 5.97 Å². The van der Waals surface area contributed by atoms with Crippen molar-refractivity contribution in [3.05, 3.63) is 12.2 Å². The van der Waals surface area contributed by atoms with E-state index in [-0.39, 0.29) is 18.5 Å². The molecule has 1 amide bonds. The molecule has 0 saturated carbocycles. The summed E-state index contributed by atoms with van der Waals surface area (Å²) >= 11 is 0. The number of aliphatic hydroxyl groups excluding tert-OH is 2. The zero-order valence-corrected chi connectivity index (χ0v) is 44.0. The number of carbonyl (C=O) groups is 2. The molecule has 0 spiro atoms. The summed E-state index contributed by atoms with van der Waals surface area (Å²) < 4.78 is 5.46. The van der Waals surface area contributed by atoms with Gasteiger partial charge in [-0.2, -0.15) is 0 Å². The van der Waals surface area contributed by atoms with Gasteiger partial charge in [-0.3, -0.25) is 9.59 Å². The second kappa shape index (κ2) is 55.2. The summed E-state index contributed by atoms with van der Waals surface area (Å²) in [6.07, 6.45) is 64.9. The van der Waals surface area contributed by atoms with Crippen LogP contribution in [-0.2, 0) is 14.3 Å². The molecule has 0 heterocycles. The SMILES string of the molecule is CCCCCCCCC/C=C\CCCCCCCC(=O)OCCCCCCCCCCCCC(=O)NC(CO)C(O)CCCCCCCCCCCCCCCCCCCCCCCC. The van der Waals surface area contributed by atoms with Crippen LogP contribution in [0.1, 0.15) is 328 Å². The van der Waals surface area contributed by atoms with E-state index in [0.29, 0.717) is 25.9 Å². The van der Waals surface area contributed by atoms with Gasteiger partial charge in [-0.25, -0.2) is 0 Å². The van der Waals surface area contributed by atoms with Crippen LogP contribution in [0, 0.1) is 0 Å². The molecule has 3 N–H and O–H groups in total. The smallest absolute Gasteiger partial charge is 0.305 e. The van der Waals surface area contributed by atoms with E-state index < -0.39 is 12.1 Å². The highest BCUT2D eigenvalue weighted by Crippen LogP contribution is 2.18. The summed E-state index contributed by atoms with van der Waals surface area (Å²) in [5.41, 5.74) is 0. The van der Waals surface area contributed by atoms with E-state index >= 15 is 0 Å². The van der Waals surface area contributed by atoms with E-state index in [2.05, 4.69) is 31.3 Å². The number of nitrogens with one attached hydrogen (secondary N) is 1. The molecule has 2 unspecified atom stereocenters. The first-order valence-electron chi connectivity index (χ1n) is 29.4.